The molecule has 1 aliphatic rings. The first-order valence-corrected chi connectivity index (χ1v) is 7.09. The standard InChI is InChI=1S/C15H31NO/c1-7-15(8-2,11-17)10-16-9-12-13(3,4)14(12,5)6/h12,16-17H,7-11H2,1-6H3. The van der Waals surface area contributed by atoms with E-state index in [2.05, 4.69) is 46.9 Å². The minimum Gasteiger partial charge on any atom is -0.396 e. The van der Waals surface area contributed by atoms with E-state index in [4.69, 9.17) is 0 Å². The number of rotatable bonds is 7. The molecule has 0 aromatic carbocycles. The second kappa shape index (κ2) is 4.89. The Morgan fingerprint density at radius 1 is 1.06 bits per heavy atom. The predicted molar refractivity (Wildman–Crippen MR) is 74.0 cm³/mol. The summed E-state index contributed by atoms with van der Waals surface area (Å²) in [4.78, 5) is 0. The monoisotopic (exact) mass is 241 g/mol. The van der Waals surface area contributed by atoms with Crippen molar-refractivity contribution < 1.29 is 5.11 Å². The second-order valence-corrected chi connectivity index (χ2v) is 6.99. The molecule has 0 aromatic heterocycles. The van der Waals surface area contributed by atoms with Crippen molar-refractivity contribution >= 4 is 0 Å². The Bertz CT molecular complexity index is 231. The van der Waals surface area contributed by atoms with Crippen LogP contribution in [0.5, 0.6) is 0 Å². The highest BCUT2D eigenvalue weighted by atomic mass is 16.3. The van der Waals surface area contributed by atoms with Gasteiger partial charge in [0.25, 0.3) is 0 Å². The molecule has 0 amide bonds. The van der Waals surface area contributed by atoms with Crippen LogP contribution in [0, 0.1) is 22.2 Å². The molecule has 0 bridgehead atoms. The van der Waals surface area contributed by atoms with Crippen molar-refractivity contribution in [2.45, 2.75) is 54.4 Å². The zero-order valence-corrected chi connectivity index (χ0v) is 12.6. The van der Waals surface area contributed by atoms with E-state index in [1.165, 1.54) is 0 Å². The van der Waals surface area contributed by atoms with Crippen molar-refractivity contribution in [3.8, 4) is 0 Å². The van der Waals surface area contributed by atoms with Crippen molar-refractivity contribution in [3.05, 3.63) is 0 Å². The van der Waals surface area contributed by atoms with Gasteiger partial charge in [0, 0.05) is 18.6 Å². The van der Waals surface area contributed by atoms with Crippen LogP contribution >= 0.6 is 0 Å². The zero-order valence-electron chi connectivity index (χ0n) is 12.6. The van der Waals surface area contributed by atoms with Gasteiger partial charge in [0.2, 0.25) is 0 Å². The fourth-order valence-corrected chi connectivity index (χ4v) is 3.10. The molecule has 1 aliphatic carbocycles. The SMILES string of the molecule is CCC(CC)(CO)CNCC1C(C)(C)C1(C)C. The average Bonchev–Trinajstić information content (AvgIpc) is 2.67. The molecule has 0 heterocycles. The van der Waals surface area contributed by atoms with Crippen molar-refractivity contribution in [2.75, 3.05) is 19.7 Å². The third-order valence-electron chi connectivity index (χ3n) is 6.00. The van der Waals surface area contributed by atoms with E-state index in [0.717, 1.165) is 31.8 Å². The van der Waals surface area contributed by atoms with Gasteiger partial charge in [-0.1, -0.05) is 41.5 Å². The Hall–Kier alpha value is -0.0800. The molecule has 102 valence electrons. The Kier molecular flexibility index (Phi) is 4.31. The summed E-state index contributed by atoms with van der Waals surface area (Å²) >= 11 is 0. The van der Waals surface area contributed by atoms with Crippen molar-refractivity contribution in [1.82, 2.24) is 5.32 Å². The molecule has 1 rings (SSSR count). The molecule has 2 heteroatoms. The molecule has 2 N–H and O–H groups in total. The lowest BCUT2D eigenvalue weighted by molar-refractivity contribution is 0.112. The van der Waals surface area contributed by atoms with Crippen LogP contribution in [0.3, 0.4) is 0 Å². The van der Waals surface area contributed by atoms with Gasteiger partial charge in [0.05, 0.1) is 0 Å². The maximum absolute atomic E-state index is 9.52. The summed E-state index contributed by atoms with van der Waals surface area (Å²) in [6, 6.07) is 0. The average molecular weight is 241 g/mol. The second-order valence-electron chi connectivity index (χ2n) is 6.99. The fourth-order valence-electron chi connectivity index (χ4n) is 3.10. The van der Waals surface area contributed by atoms with E-state index in [-0.39, 0.29) is 5.41 Å². The first-order chi connectivity index (χ1) is 7.77. The van der Waals surface area contributed by atoms with Crippen LogP contribution in [0.15, 0.2) is 0 Å². The van der Waals surface area contributed by atoms with Gasteiger partial charge in [-0.15, -0.1) is 0 Å². The maximum atomic E-state index is 9.52. The Morgan fingerprint density at radius 2 is 1.53 bits per heavy atom. The van der Waals surface area contributed by atoms with E-state index >= 15 is 0 Å². The van der Waals surface area contributed by atoms with Crippen LogP contribution < -0.4 is 5.32 Å². The minimum atomic E-state index is 0.0865. The number of hydrogen-bond acceptors (Lipinski definition) is 2. The molecule has 0 unspecified atom stereocenters. The smallest absolute Gasteiger partial charge is 0.0499 e. The van der Waals surface area contributed by atoms with Gasteiger partial charge in [-0.2, -0.15) is 0 Å². The predicted octanol–water partition coefficient (Wildman–Crippen LogP) is 3.06. The van der Waals surface area contributed by atoms with E-state index < -0.39 is 0 Å². The minimum absolute atomic E-state index is 0.0865. The third kappa shape index (κ3) is 2.53. The molecule has 0 aliphatic heterocycles. The maximum Gasteiger partial charge on any atom is 0.0499 e. The first kappa shape index (κ1) is 15.0. The summed E-state index contributed by atoms with van der Waals surface area (Å²) in [6.07, 6.45) is 2.09. The molecule has 0 atom stereocenters. The van der Waals surface area contributed by atoms with Crippen molar-refractivity contribution in [3.63, 3.8) is 0 Å². The lowest BCUT2D eigenvalue weighted by atomic mass is 9.83. The largest absolute Gasteiger partial charge is 0.396 e. The van der Waals surface area contributed by atoms with E-state index in [0.29, 0.717) is 17.4 Å². The molecule has 0 spiro atoms. The highest BCUT2D eigenvalue weighted by Gasteiger charge is 2.63. The highest BCUT2D eigenvalue weighted by molar-refractivity contribution is 5.12. The molecule has 17 heavy (non-hydrogen) atoms. The van der Waals surface area contributed by atoms with Gasteiger partial charge in [0.15, 0.2) is 0 Å². The van der Waals surface area contributed by atoms with Crippen LogP contribution in [0.1, 0.15) is 54.4 Å². The summed E-state index contributed by atoms with van der Waals surface area (Å²) in [6.45, 7) is 16.1. The van der Waals surface area contributed by atoms with Crippen LogP contribution in [-0.2, 0) is 0 Å². The van der Waals surface area contributed by atoms with Crippen LogP contribution in [0.2, 0.25) is 0 Å². The summed E-state index contributed by atoms with van der Waals surface area (Å²) < 4.78 is 0. The quantitative estimate of drug-likeness (QED) is 0.718. The molecule has 0 aromatic rings. The summed E-state index contributed by atoms with van der Waals surface area (Å²) in [7, 11) is 0. The lowest BCUT2D eigenvalue weighted by Crippen LogP contribution is -2.37. The number of aliphatic hydroxyl groups excluding tert-OH is 1. The Labute approximate surface area is 107 Å². The van der Waals surface area contributed by atoms with Crippen LogP contribution in [0.4, 0.5) is 0 Å². The number of hydrogen-bond donors (Lipinski definition) is 2. The molecular formula is C15H31NO. The first-order valence-electron chi connectivity index (χ1n) is 7.09. The third-order valence-corrected chi connectivity index (χ3v) is 6.00. The van der Waals surface area contributed by atoms with Crippen molar-refractivity contribution in [2.24, 2.45) is 22.2 Å². The normalized spacial score (nSPS) is 22.8. The Morgan fingerprint density at radius 3 is 1.82 bits per heavy atom. The summed E-state index contributed by atoms with van der Waals surface area (Å²) in [5, 5.41) is 13.1. The summed E-state index contributed by atoms with van der Waals surface area (Å²) in [5.74, 6) is 0.764. The van der Waals surface area contributed by atoms with Gasteiger partial charge >= 0.3 is 0 Å². The van der Waals surface area contributed by atoms with Gasteiger partial charge < -0.3 is 10.4 Å². The Balaban J connectivity index is 2.39. The van der Waals surface area contributed by atoms with Gasteiger partial charge in [-0.25, -0.2) is 0 Å². The number of aliphatic hydroxyl groups is 1. The van der Waals surface area contributed by atoms with Gasteiger partial charge in [-0.05, 0) is 36.1 Å². The topological polar surface area (TPSA) is 32.3 Å². The molecule has 1 saturated carbocycles. The summed E-state index contributed by atoms with van der Waals surface area (Å²) in [5.41, 5.74) is 1.00. The zero-order chi connectivity index (χ0) is 13.3. The van der Waals surface area contributed by atoms with Crippen LogP contribution in [0.25, 0.3) is 0 Å². The lowest BCUT2D eigenvalue weighted by Gasteiger charge is -2.29. The van der Waals surface area contributed by atoms with Crippen molar-refractivity contribution in [1.29, 1.82) is 0 Å². The van der Waals surface area contributed by atoms with E-state index in [1.54, 1.807) is 0 Å². The van der Waals surface area contributed by atoms with E-state index in [1.807, 2.05) is 0 Å². The molecular weight excluding hydrogens is 210 g/mol. The molecule has 0 saturated heterocycles. The molecule has 2 nitrogen and oxygen atoms in total. The number of nitrogens with one attached hydrogen (secondary N) is 1. The highest BCUT2D eigenvalue weighted by Crippen LogP contribution is 2.67. The van der Waals surface area contributed by atoms with Crippen LogP contribution in [-0.4, -0.2) is 24.8 Å². The molecule has 0 radical (unpaired) electrons. The van der Waals surface area contributed by atoms with Gasteiger partial charge in [-0.3, -0.25) is 0 Å². The molecule has 1 fully saturated rings. The van der Waals surface area contributed by atoms with E-state index in [9.17, 15) is 5.11 Å². The van der Waals surface area contributed by atoms with Gasteiger partial charge in [0.1, 0.15) is 0 Å². The fraction of sp³-hybridized carbons (Fsp3) is 1.00.